The molecule has 1 fully saturated rings. The maximum absolute atomic E-state index is 12.9. The normalized spacial score (nSPS) is 15.8. The molecule has 3 aromatic rings. The largest absolute Gasteiger partial charge is 0.453 e. The number of rotatable bonds is 4. The molecule has 0 saturated heterocycles. The molecule has 1 aliphatic rings. The molecule has 0 spiro atoms. The van der Waals surface area contributed by atoms with E-state index < -0.39 is 12.0 Å². The molecule has 1 N–H and O–H groups in total. The lowest BCUT2D eigenvalue weighted by atomic mass is 10.3. The number of fused-ring (bicyclic) bond motifs is 1. The number of anilines is 1. The van der Waals surface area contributed by atoms with Gasteiger partial charge in [0.15, 0.2) is 0 Å². The second kappa shape index (κ2) is 6.26. The third kappa shape index (κ3) is 3.23. The van der Waals surface area contributed by atoms with E-state index in [4.69, 9.17) is 0 Å². The summed E-state index contributed by atoms with van der Waals surface area (Å²) >= 11 is 0. The first kappa shape index (κ1) is 16.8. The first-order valence-corrected chi connectivity index (χ1v) is 8.50. The van der Waals surface area contributed by atoms with Crippen LogP contribution in [0.1, 0.15) is 48.9 Å². The van der Waals surface area contributed by atoms with Crippen LogP contribution in [0.2, 0.25) is 0 Å². The van der Waals surface area contributed by atoms with Crippen molar-refractivity contribution < 1.29 is 13.2 Å². The van der Waals surface area contributed by atoms with Crippen LogP contribution in [0.4, 0.5) is 19.0 Å². The average molecular weight is 365 g/mol. The highest BCUT2D eigenvalue weighted by atomic mass is 19.4. The summed E-state index contributed by atoms with van der Waals surface area (Å²) in [5.41, 5.74) is 1.37. The molecule has 0 aliphatic heterocycles. The number of alkyl halides is 3. The molecule has 1 saturated carbocycles. The lowest BCUT2D eigenvalue weighted by Crippen LogP contribution is -2.10. The van der Waals surface area contributed by atoms with Gasteiger partial charge in [0, 0.05) is 18.0 Å². The van der Waals surface area contributed by atoms with Crippen LogP contribution < -0.4 is 5.32 Å². The Morgan fingerprint density at radius 3 is 2.69 bits per heavy atom. The minimum Gasteiger partial charge on any atom is -0.364 e. The number of hydrogen-bond acceptors (Lipinski definition) is 5. The summed E-state index contributed by atoms with van der Waals surface area (Å²) in [7, 11) is 0. The Balaban J connectivity index is 1.56. The van der Waals surface area contributed by atoms with Crippen LogP contribution in [0, 0.1) is 6.92 Å². The first-order valence-electron chi connectivity index (χ1n) is 8.50. The van der Waals surface area contributed by atoms with E-state index in [0.29, 0.717) is 24.1 Å². The second-order valence-electron chi connectivity index (χ2n) is 6.51. The van der Waals surface area contributed by atoms with Crippen LogP contribution in [0.15, 0.2) is 18.3 Å². The lowest BCUT2D eigenvalue weighted by Gasteiger charge is -2.09. The summed E-state index contributed by atoms with van der Waals surface area (Å²) in [5, 5.41) is 11.2. The average Bonchev–Trinajstić information content (AvgIpc) is 3.30. The molecule has 0 unspecified atom stereocenters. The molecule has 7 nitrogen and oxygen atoms in total. The zero-order valence-electron chi connectivity index (χ0n) is 14.2. The van der Waals surface area contributed by atoms with Crippen molar-refractivity contribution in [3.63, 3.8) is 0 Å². The highest BCUT2D eigenvalue weighted by molar-refractivity contribution is 5.45. The smallest absolute Gasteiger partial charge is 0.364 e. The zero-order chi connectivity index (χ0) is 18.3. The fourth-order valence-corrected chi connectivity index (χ4v) is 3.26. The van der Waals surface area contributed by atoms with Crippen molar-refractivity contribution in [3.8, 4) is 0 Å². The van der Waals surface area contributed by atoms with Gasteiger partial charge in [-0.25, -0.2) is 4.98 Å². The van der Waals surface area contributed by atoms with E-state index in [1.54, 1.807) is 13.0 Å². The molecule has 0 amide bonds. The maximum Gasteiger partial charge on any atom is 0.453 e. The summed E-state index contributed by atoms with van der Waals surface area (Å²) < 4.78 is 41.6. The Labute approximate surface area is 147 Å². The van der Waals surface area contributed by atoms with Gasteiger partial charge >= 0.3 is 6.18 Å². The maximum atomic E-state index is 12.9. The molecule has 10 heteroatoms. The van der Waals surface area contributed by atoms with Gasteiger partial charge in [0.1, 0.15) is 5.82 Å². The molecule has 3 heterocycles. The molecular formula is C16H18F3N7. The van der Waals surface area contributed by atoms with Crippen molar-refractivity contribution in [1.82, 2.24) is 29.4 Å². The third-order valence-corrected chi connectivity index (χ3v) is 4.51. The second-order valence-corrected chi connectivity index (χ2v) is 6.51. The van der Waals surface area contributed by atoms with E-state index in [0.717, 1.165) is 23.1 Å². The van der Waals surface area contributed by atoms with Gasteiger partial charge in [0.2, 0.25) is 0 Å². The summed E-state index contributed by atoms with van der Waals surface area (Å²) in [6.07, 6.45) is 2.06. The van der Waals surface area contributed by atoms with Gasteiger partial charge in [-0.15, -0.1) is 5.10 Å². The molecule has 4 rings (SSSR count). The highest BCUT2D eigenvalue weighted by Gasteiger charge is 2.36. The minimum absolute atomic E-state index is 0.0868. The lowest BCUT2D eigenvalue weighted by molar-refractivity contribution is -0.144. The zero-order valence-corrected chi connectivity index (χ0v) is 14.2. The van der Waals surface area contributed by atoms with Crippen LogP contribution in [0.5, 0.6) is 0 Å². The molecule has 0 aromatic carbocycles. The van der Waals surface area contributed by atoms with Gasteiger partial charge in [-0.2, -0.15) is 27.8 Å². The topological polar surface area (TPSA) is 72.9 Å². The predicted octanol–water partition coefficient (Wildman–Crippen LogP) is 3.38. The molecule has 0 radical (unpaired) electrons. The number of nitrogens with zero attached hydrogens (tertiary/aromatic N) is 6. The molecule has 0 atom stereocenters. The van der Waals surface area contributed by atoms with Crippen molar-refractivity contribution in [2.75, 3.05) is 5.32 Å². The molecule has 1 aliphatic carbocycles. The van der Waals surface area contributed by atoms with Gasteiger partial charge in [-0.3, -0.25) is 4.68 Å². The minimum atomic E-state index is -4.61. The van der Waals surface area contributed by atoms with E-state index in [1.807, 2.05) is 16.9 Å². The molecule has 3 aromatic heterocycles. The molecule has 26 heavy (non-hydrogen) atoms. The van der Waals surface area contributed by atoms with E-state index in [-0.39, 0.29) is 5.78 Å². The number of nitrogens with one attached hydrogen (secondary N) is 1. The Morgan fingerprint density at radius 2 is 1.96 bits per heavy atom. The van der Waals surface area contributed by atoms with Crippen molar-refractivity contribution in [2.45, 2.75) is 51.4 Å². The summed E-state index contributed by atoms with van der Waals surface area (Å²) in [6, 6.07) is 4.00. The number of aryl methyl sites for hydroxylation is 1. The van der Waals surface area contributed by atoms with E-state index in [1.165, 1.54) is 12.8 Å². The fourth-order valence-electron chi connectivity index (χ4n) is 3.26. The van der Waals surface area contributed by atoms with Crippen molar-refractivity contribution in [1.29, 1.82) is 0 Å². The van der Waals surface area contributed by atoms with Crippen LogP contribution in [-0.2, 0) is 12.7 Å². The Kier molecular flexibility index (Phi) is 4.04. The van der Waals surface area contributed by atoms with Crippen molar-refractivity contribution in [2.24, 2.45) is 0 Å². The molecular weight excluding hydrogens is 347 g/mol. The summed E-state index contributed by atoms with van der Waals surface area (Å²) in [5.74, 6) is -0.897. The highest BCUT2D eigenvalue weighted by Crippen LogP contribution is 2.29. The Hall–Kier alpha value is -2.65. The van der Waals surface area contributed by atoms with Gasteiger partial charge in [0.25, 0.3) is 11.6 Å². The van der Waals surface area contributed by atoms with E-state index in [2.05, 4.69) is 25.5 Å². The summed E-state index contributed by atoms with van der Waals surface area (Å²) in [6.45, 7) is 2.07. The van der Waals surface area contributed by atoms with Crippen LogP contribution in [-0.4, -0.2) is 29.4 Å². The Morgan fingerprint density at radius 1 is 1.19 bits per heavy atom. The van der Waals surface area contributed by atoms with Crippen molar-refractivity contribution >= 4 is 11.6 Å². The fraction of sp³-hybridized carbons (Fsp3) is 0.500. The Bertz CT molecular complexity index is 922. The van der Waals surface area contributed by atoms with E-state index >= 15 is 0 Å². The third-order valence-electron chi connectivity index (χ3n) is 4.51. The quantitative estimate of drug-likeness (QED) is 0.767. The van der Waals surface area contributed by atoms with Gasteiger partial charge in [0.05, 0.1) is 18.3 Å². The summed E-state index contributed by atoms with van der Waals surface area (Å²) in [4.78, 5) is 7.48. The van der Waals surface area contributed by atoms with Crippen LogP contribution in [0.25, 0.3) is 5.78 Å². The number of hydrogen-bond donors (Lipinski definition) is 1. The first-order chi connectivity index (χ1) is 12.4. The SMILES string of the molecule is Cc1cc(NCc2ccn(C3CCCC3)n2)n2nc(C(F)(F)F)nc2n1. The monoisotopic (exact) mass is 365 g/mol. The molecule has 138 valence electrons. The number of aromatic nitrogens is 6. The molecule has 0 bridgehead atoms. The van der Waals surface area contributed by atoms with Crippen LogP contribution in [0.3, 0.4) is 0 Å². The predicted molar refractivity (Wildman–Crippen MR) is 87.6 cm³/mol. The van der Waals surface area contributed by atoms with Gasteiger partial charge < -0.3 is 5.32 Å². The van der Waals surface area contributed by atoms with Crippen molar-refractivity contribution in [3.05, 3.63) is 35.5 Å². The van der Waals surface area contributed by atoms with Gasteiger partial charge in [-0.05, 0) is 25.8 Å². The number of halogens is 3. The van der Waals surface area contributed by atoms with Crippen LogP contribution >= 0.6 is 0 Å². The van der Waals surface area contributed by atoms with Gasteiger partial charge in [-0.1, -0.05) is 12.8 Å². The van der Waals surface area contributed by atoms with E-state index in [9.17, 15) is 13.2 Å². The standard InChI is InChI=1S/C16H18F3N7/c1-10-8-13(26-15(21-10)22-14(24-26)16(17,18)19)20-9-11-6-7-25(23-11)12-4-2-3-5-12/h6-8,12,20H,2-5,9H2,1H3.